The predicted octanol–water partition coefficient (Wildman–Crippen LogP) is 1.26. The SMILES string of the molecule is CC[C@@H]1C[C@H](C(C)=O)N(C)C1C(C)=O. The van der Waals surface area contributed by atoms with Crippen LogP contribution in [-0.2, 0) is 9.59 Å². The summed E-state index contributed by atoms with van der Waals surface area (Å²) in [4.78, 5) is 24.7. The summed E-state index contributed by atoms with van der Waals surface area (Å²) in [5, 5.41) is 0. The van der Waals surface area contributed by atoms with Gasteiger partial charge < -0.3 is 0 Å². The maximum atomic E-state index is 11.4. The first-order valence-electron chi connectivity index (χ1n) is 5.21. The van der Waals surface area contributed by atoms with Crippen molar-refractivity contribution in [3.8, 4) is 0 Å². The molecule has 0 aromatic carbocycles. The molecule has 0 N–H and O–H groups in total. The van der Waals surface area contributed by atoms with Crippen LogP contribution in [0.25, 0.3) is 0 Å². The highest BCUT2D eigenvalue weighted by molar-refractivity contribution is 5.86. The summed E-state index contributed by atoms with van der Waals surface area (Å²) in [7, 11) is 1.88. The zero-order valence-electron chi connectivity index (χ0n) is 9.41. The highest BCUT2D eigenvalue weighted by Gasteiger charge is 2.42. The number of carbonyl (C=O) groups excluding carboxylic acids is 2. The highest BCUT2D eigenvalue weighted by Crippen LogP contribution is 2.31. The Morgan fingerprint density at radius 3 is 2.14 bits per heavy atom. The van der Waals surface area contributed by atoms with E-state index in [-0.39, 0.29) is 23.7 Å². The Bertz CT molecular complexity index is 250. The molecule has 80 valence electrons. The lowest BCUT2D eigenvalue weighted by Gasteiger charge is -2.23. The first-order valence-corrected chi connectivity index (χ1v) is 5.21. The summed E-state index contributed by atoms with van der Waals surface area (Å²) >= 11 is 0. The number of ketones is 2. The lowest BCUT2D eigenvalue weighted by Crippen LogP contribution is -2.41. The van der Waals surface area contributed by atoms with Gasteiger partial charge >= 0.3 is 0 Å². The fourth-order valence-electron chi connectivity index (χ4n) is 2.57. The van der Waals surface area contributed by atoms with Gasteiger partial charge in [-0.2, -0.15) is 0 Å². The quantitative estimate of drug-likeness (QED) is 0.683. The topological polar surface area (TPSA) is 37.4 Å². The van der Waals surface area contributed by atoms with Crippen molar-refractivity contribution in [2.24, 2.45) is 5.92 Å². The summed E-state index contributed by atoms with van der Waals surface area (Å²) in [6, 6.07) is -0.0947. The molecule has 3 nitrogen and oxygen atoms in total. The summed E-state index contributed by atoms with van der Waals surface area (Å²) in [6.45, 7) is 5.31. The number of likely N-dealkylation sites (tertiary alicyclic amines) is 1. The van der Waals surface area contributed by atoms with Gasteiger partial charge in [-0.1, -0.05) is 13.3 Å². The minimum Gasteiger partial charge on any atom is -0.298 e. The molecule has 1 saturated heterocycles. The second kappa shape index (κ2) is 4.22. The Balaban J connectivity index is 2.84. The van der Waals surface area contributed by atoms with Crippen LogP contribution in [0.1, 0.15) is 33.6 Å². The predicted molar refractivity (Wildman–Crippen MR) is 55.1 cm³/mol. The number of nitrogens with zero attached hydrogens (tertiary/aromatic N) is 1. The van der Waals surface area contributed by atoms with Crippen molar-refractivity contribution in [1.82, 2.24) is 4.90 Å². The van der Waals surface area contributed by atoms with Crippen LogP contribution in [0.15, 0.2) is 0 Å². The van der Waals surface area contributed by atoms with Gasteiger partial charge in [-0.25, -0.2) is 0 Å². The average molecular weight is 197 g/mol. The average Bonchev–Trinajstić information content (AvgIpc) is 2.42. The van der Waals surface area contributed by atoms with Crippen molar-refractivity contribution in [1.29, 1.82) is 0 Å². The molecule has 0 bridgehead atoms. The van der Waals surface area contributed by atoms with Gasteiger partial charge in [0.05, 0.1) is 12.1 Å². The van der Waals surface area contributed by atoms with E-state index in [4.69, 9.17) is 0 Å². The summed E-state index contributed by atoms with van der Waals surface area (Å²) in [5.41, 5.74) is 0. The molecular weight excluding hydrogens is 178 g/mol. The number of rotatable bonds is 3. The van der Waals surface area contributed by atoms with E-state index in [1.165, 1.54) is 0 Å². The lowest BCUT2D eigenvalue weighted by molar-refractivity contribution is -0.124. The van der Waals surface area contributed by atoms with Gasteiger partial charge in [0.15, 0.2) is 0 Å². The van der Waals surface area contributed by atoms with Crippen LogP contribution in [-0.4, -0.2) is 35.6 Å². The molecule has 0 saturated carbocycles. The Morgan fingerprint density at radius 2 is 1.86 bits per heavy atom. The fourth-order valence-corrected chi connectivity index (χ4v) is 2.57. The highest BCUT2D eigenvalue weighted by atomic mass is 16.1. The van der Waals surface area contributed by atoms with Gasteiger partial charge in [0, 0.05) is 0 Å². The number of likely N-dealkylation sites (N-methyl/N-ethyl adjacent to an activating group) is 1. The number of hydrogen-bond acceptors (Lipinski definition) is 3. The Morgan fingerprint density at radius 1 is 1.29 bits per heavy atom. The van der Waals surface area contributed by atoms with Gasteiger partial charge in [0.1, 0.15) is 11.6 Å². The van der Waals surface area contributed by atoms with E-state index < -0.39 is 0 Å². The van der Waals surface area contributed by atoms with Crippen molar-refractivity contribution in [3.63, 3.8) is 0 Å². The van der Waals surface area contributed by atoms with Gasteiger partial charge in [-0.15, -0.1) is 0 Å². The van der Waals surface area contributed by atoms with Crippen LogP contribution in [0.4, 0.5) is 0 Å². The van der Waals surface area contributed by atoms with E-state index in [1.54, 1.807) is 13.8 Å². The third kappa shape index (κ3) is 1.87. The Kier molecular flexibility index (Phi) is 3.43. The Labute approximate surface area is 85.5 Å². The molecule has 1 aliphatic rings. The smallest absolute Gasteiger partial charge is 0.147 e. The van der Waals surface area contributed by atoms with Crippen molar-refractivity contribution in [2.75, 3.05) is 7.05 Å². The molecule has 14 heavy (non-hydrogen) atoms. The Hall–Kier alpha value is -0.700. The molecule has 0 radical (unpaired) electrons. The maximum Gasteiger partial charge on any atom is 0.147 e. The molecule has 0 aliphatic carbocycles. The van der Waals surface area contributed by atoms with Gasteiger partial charge in [-0.3, -0.25) is 14.5 Å². The largest absolute Gasteiger partial charge is 0.298 e. The molecule has 1 rings (SSSR count). The third-order valence-electron chi connectivity index (χ3n) is 3.31. The minimum atomic E-state index is -0.0474. The van der Waals surface area contributed by atoms with E-state index in [0.29, 0.717) is 5.92 Å². The molecule has 0 amide bonds. The standard InChI is InChI=1S/C11H19NO2/c1-5-9-6-10(7(2)13)12(4)11(9)8(3)14/h9-11H,5-6H2,1-4H3/t9-,10-,11?/m1/s1. The summed E-state index contributed by atoms with van der Waals surface area (Å²) < 4.78 is 0. The van der Waals surface area contributed by atoms with Crippen molar-refractivity contribution < 1.29 is 9.59 Å². The minimum absolute atomic E-state index is 0.0473. The van der Waals surface area contributed by atoms with Gasteiger partial charge in [0.25, 0.3) is 0 Å². The second-order valence-corrected chi connectivity index (χ2v) is 4.25. The zero-order valence-corrected chi connectivity index (χ0v) is 9.41. The zero-order chi connectivity index (χ0) is 10.9. The molecule has 3 atom stereocenters. The summed E-state index contributed by atoms with van der Waals surface area (Å²) in [5.74, 6) is 0.712. The molecular formula is C11H19NO2. The first kappa shape index (κ1) is 11.4. The van der Waals surface area contributed by atoms with E-state index in [9.17, 15) is 9.59 Å². The van der Waals surface area contributed by atoms with E-state index in [2.05, 4.69) is 6.92 Å². The molecule has 0 aromatic heterocycles. The van der Waals surface area contributed by atoms with Crippen LogP contribution in [0.5, 0.6) is 0 Å². The third-order valence-corrected chi connectivity index (χ3v) is 3.31. The van der Waals surface area contributed by atoms with Crippen LogP contribution in [0.3, 0.4) is 0 Å². The number of carbonyl (C=O) groups is 2. The van der Waals surface area contributed by atoms with Crippen LogP contribution < -0.4 is 0 Å². The number of hydrogen-bond donors (Lipinski definition) is 0. The molecule has 1 unspecified atom stereocenters. The normalized spacial score (nSPS) is 33.3. The van der Waals surface area contributed by atoms with Crippen molar-refractivity contribution in [3.05, 3.63) is 0 Å². The second-order valence-electron chi connectivity index (χ2n) is 4.25. The molecule has 1 fully saturated rings. The van der Waals surface area contributed by atoms with E-state index >= 15 is 0 Å². The van der Waals surface area contributed by atoms with Crippen molar-refractivity contribution >= 4 is 11.6 Å². The van der Waals surface area contributed by atoms with E-state index in [1.807, 2.05) is 11.9 Å². The molecule has 0 spiro atoms. The van der Waals surface area contributed by atoms with Crippen LogP contribution in [0.2, 0.25) is 0 Å². The lowest BCUT2D eigenvalue weighted by atomic mass is 9.93. The molecule has 3 heteroatoms. The van der Waals surface area contributed by atoms with Gasteiger partial charge in [0.2, 0.25) is 0 Å². The van der Waals surface area contributed by atoms with Crippen molar-refractivity contribution in [2.45, 2.75) is 45.7 Å². The van der Waals surface area contributed by atoms with Crippen LogP contribution in [0, 0.1) is 5.92 Å². The first-order chi connectivity index (χ1) is 6.49. The summed E-state index contributed by atoms with van der Waals surface area (Å²) in [6.07, 6.45) is 1.81. The molecule has 0 aromatic rings. The van der Waals surface area contributed by atoms with Crippen LogP contribution >= 0.6 is 0 Å². The van der Waals surface area contributed by atoms with E-state index in [0.717, 1.165) is 12.8 Å². The monoisotopic (exact) mass is 197 g/mol. The van der Waals surface area contributed by atoms with Gasteiger partial charge in [-0.05, 0) is 33.2 Å². The molecule has 1 aliphatic heterocycles. The number of Topliss-reactive ketones (excluding diaryl/α,β-unsaturated/α-hetero) is 2. The molecule has 1 heterocycles. The maximum absolute atomic E-state index is 11.4. The fraction of sp³-hybridized carbons (Fsp3) is 0.818.